The van der Waals surface area contributed by atoms with E-state index in [0.29, 0.717) is 19.1 Å². The summed E-state index contributed by atoms with van der Waals surface area (Å²) in [5, 5.41) is 3.07. The van der Waals surface area contributed by atoms with Gasteiger partial charge in [0.15, 0.2) is 5.96 Å². The molecule has 0 saturated carbocycles. The monoisotopic (exact) mass is 288 g/mol. The highest BCUT2D eigenvalue weighted by atomic mass is 16.5. The fourth-order valence-corrected chi connectivity index (χ4v) is 1.86. The van der Waals surface area contributed by atoms with Crippen LogP contribution in [-0.4, -0.2) is 40.3 Å². The molecule has 0 radical (unpaired) electrons. The van der Waals surface area contributed by atoms with Gasteiger partial charge >= 0.3 is 0 Å². The maximum Gasteiger partial charge on any atom is 0.189 e. The Morgan fingerprint density at radius 2 is 2.38 bits per heavy atom. The fourth-order valence-electron chi connectivity index (χ4n) is 1.86. The van der Waals surface area contributed by atoms with Gasteiger partial charge < -0.3 is 15.8 Å². The molecule has 0 spiro atoms. The van der Waals surface area contributed by atoms with Crippen LogP contribution in [0.1, 0.15) is 12.5 Å². The topological polar surface area (TPSA) is 90.4 Å². The van der Waals surface area contributed by atoms with Gasteiger partial charge in [-0.25, -0.2) is 15.0 Å². The lowest BCUT2D eigenvalue weighted by Gasteiger charge is -2.13. The summed E-state index contributed by atoms with van der Waals surface area (Å²) < 4.78 is 6.88. The number of rotatable bonds is 6. The van der Waals surface area contributed by atoms with Crippen molar-refractivity contribution in [1.82, 2.24) is 19.9 Å². The van der Waals surface area contributed by atoms with Crippen molar-refractivity contribution < 1.29 is 4.74 Å². The van der Waals surface area contributed by atoms with Crippen LogP contribution in [-0.2, 0) is 11.3 Å². The lowest BCUT2D eigenvalue weighted by molar-refractivity contribution is 0.179. The minimum Gasteiger partial charge on any atom is -0.383 e. The van der Waals surface area contributed by atoms with Crippen LogP contribution in [0.3, 0.4) is 0 Å². The van der Waals surface area contributed by atoms with E-state index in [0.717, 1.165) is 11.4 Å². The lowest BCUT2D eigenvalue weighted by Crippen LogP contribution is -2.40. The van der Waals surface area contributed by atoms with Crippen LogP contribution >= 0.6 is 0 Å². The summed E-state index contributed by atoms with van der Waals surface area (Å²) in [5.41, 5.74) is 6.86. The maximum atomic E-state index is 5.84. The fraction of sp³-hybridized carbons (Fsp3) is 0.357. The molecule has 0 aliphatic rings. The molecule has 0 saturated heterocycles. The predicted molar refractivity (Wildman–Crippen MR) is 81.2 cm³/mol. The second kappa shape index (κ2) is 7.39. The number of pyridine rings is 1. The maximum absolute atomic E-state index is 5.84. The second-order valence-corrected chi connectivity index (χ2v) is 4.69. The molecule has 1 atom stereocenters. The first-order valence-corrected chi connectivity index (χ1v) is 6.67. The first-order chi connectivity index (χ1) is 10.2. The SMILES string of the molecule is COCC(C)NC(N)=NCc1ccnc(-n2ccnc2)c1. The number of nitrogens with two attached hydrogens (primary N) is 1. The molecule has 21 heavy (non-hydrogen) atoms. The van der Waals surface area contributed by atoms with Crippen LogP contribution in [0.5, 0.6) is 0 Å². The summed E-state index contributed by atoms with van der Waals surface area (Å²) in [4.78, 5) is 12.6. The molecule has 112 valence electrons. The van der Waals surface area contributed by atoms with Crippen molar-refractivity contribution in [3.63, 3.8) is 0 Å². The zero-order valence-corrected chi connectivity index (χ0v) is 12.2. The number of guanidine groups is 1. The van der Waals surface area contributed by atoms with Crippen LogP contribution in [0, 0.1) is 0 Å². The van der Waals surface area contributed by atoms with Crippen molar-refractivity contribution in [3.8, 4) is 5.82 Å². The van der Waals surface area contributed by atoms with Gasteiger partial charge in [-0.3, -0.25) is 4.57 Å². The number of imidazole rings is 1. The summed E-state index contributed by atoms with van der Waals surface area (Å²) in [6.07, 6.45) is 7.01. The summed E-state index contributed by atoms with van der Waals surface area (Å²) in [7, 11) is 1.65. The predicted octanol–water partition coefficient (Wildman–Crippen LogP) is 0.707. The Balaban J connectivity index is 1.98. The molecule has 0 aliphatic carbocycles. The zero-order chi connectivity index (χ0) is 15.1. The smallest absolute Gasteiger partial charge is 0.189 e. The molecule has 7 nitrogen and oxygen atoms in total. The average molecular weight is 288 g/mol. The Morgan fingerprint density at radius 1 is 1.52 bits per heavy atom. The number of aromatic nitrogens is 3. The van der Waals surface area contributed by atoms with Crippen molar-refractivity contribution in [2.24, 2.45) is 10.7 Å². The van der Waals surface area contributed by atoms with Gasteiger partial charge in [-0.15, -0.1) is 0 Å². The molecule has 7 heteroatoms. The van der Waals surface area contributed by atoms with Gasteiger partial charge in [0.25, 0.3) is 0 Å². The standard InChI is InChI=1S/C14H20N6O/c1-11(9-21-2)19-14(15)18-8-12-3-4-17-13(7-12)20-6-5-16-10-20/h3-7,10-11H,8-9H2,1-2H3,(H3,15,18,19). The van der Waals surface area contributed by atoms with Crippen molar-refractivity contribution in [2.75, 3.05) is 13.7 Å². The third kappa shape index (κ3) is 4.57. The minimum absolute atomic E-state index is 0.123. The number of aliphatic imine (C=N–C) groups is 1. The Morgan fingerprint density at radius 3 is 3.10 bits per heavy atom. The first-order valence-electron chi connectivity index (χ1n) is 6.67. The normalized spacial score (nSPS) is 13.1. The molecule has 0 fully saturated rings. The van der Waals surface area contributed by atoms with Gasteiger partial charge in [0.2, 0.25) is 0 Å². The number of ether oxygens (including phenoxy) is 1. The average Bonchev–Trinajstić information content (AvgIpc) is 3.00. The third-order valence-electron chi connectivity index (χ3n) is 2.82. The van der Waals surface area contributed by atoms with Crippen LogP contribution in [0.15, 0.2) is 42.0 Å². The Hall–Kier alpha value is -2.41. The highest BCUT2D eigenvalue weighted by Gasteiger charge is 2.02. The molecular formula is C14H20N6O. The van der Waals surface area contributed by atoms with Gasteiger partial charge in [-0.05, 0) is 24.6 Å². The molecule has 0 amide bonds. The van der Waals surface area contributed by atoms with Crippen molar-refractivity contribution in [3.05, 3.63) is 42.6 Å². The first kappa shape index (κ1) is 15.0. The Kier molecular flexibility index (Phi) is 5.28. The molecule has 1 unspecified atom stereocenters. The van der Waals surface area contributed by atoms with E-state index >= 15 is 0 Å². The summed E-state index contributed by atoms with van der Waals surface area (Å²) in [6.45, 7) is 3.05. The molecular weight excluding hydrogens is 268 g/mol. The van der Waals surface area contributed by atoms with Gasteiger partial charge in [0.05, 0.1) is 13.2 Å². The van der Waals surface area contributed by atoms with E-state index < -0.39 is 0 Å². The Bertz CT molecular complexity index is 581. The zero-order valence-electron chi connectivity index (χ0n) is 12.2. The van der Waals surface area contributed by atoms with Crippen LogP contribution in [0.2, 0.25) is 0 Å². The molecule has 2 heterocycles. The van der Waals surface area contributed by atoms with Gasteiger partial charge in [-0.1, -0.05) is 0 Å². The number of nitrogens with one attached hydrogen (secondary N) is 1. The molecule has 0 aliphatic heterocycles. The van der Waals surface area contributed by atoms with E-state index in [4.69, 9.17) is 10.5 Å². The highest BCUT2D eigenvalue weighted by Crippen LogP contribution is 2.07. The quantitative estimate of drug-likeness (QED) is 0.603. The Labute approximate surface area is 123 Å². The number of nitrogens with zero attached hydrogens (tertiary/aromatic N) is 4. The van der Waals surface area contributed by atoms with Gasteiger partial charge in [0.1, 0.15) is 12.1 Å². The molecule has 0 bridgehead atoms. The van der Waals surface area contributed by atoms with Crippen molar-refractivity contribution in [2.45, 2.75) is 19.5 Å². The number of methoxy groups -OCH3 is 1. The molecule has 3 N–H and O–H groups in total. The summed E-state index contributed by atoms with van der Waals surface area (Å²) in [6, 6.07) is 3.99. The molecule has 2 aromatic rings. The van der Waals surface area contributed by atoms with E-state index in [1.54, 1.807) is 25.8 Å². The van der Waals surface area contributed by atoms with E-state index in [2.05, 4.69) is 20.3 Å². The van der Waals surface area contributed by atoms with Crippen LogP contribution < -0.4 is 11.1 Å². The van der Waals surface area contributed by atoms with Crippen molar-refractivity contribution >= 4 is 5.96 Å². The number of hydrogen-bond donors (Lipinski definition) is 2. The lowest BCUT2D eigenvalue weighted by atomic mass is 10.2. The van der Waals surface area contributed by atoms with Gasteiger partial charge in [-0.2, -0.15) is 0 Å². The van der Waals surface area contributed by atoms with E-state index in [9.17, 15) is 0 Å². The molecule has 0 aromatic carbocycles. The largest absolute Gasteiger partial charge is 0.383 e. The van der Waals surface area contributed by atoms with Crippen LogP contribution in [0.4, 0.5) is 0 Å². The van der Waals surface area contributed by atoms with E-state index in [1.165, 1.54) is 0 Å². The van der Waals surface area contributed by atoms with Crippen molar-refractivity contribution in [1.29, 1.82) is 0 Å². The summed E-state index contributed by atoms with van der Waals surface area (Å²) in [5.74, 6) is 1.21. The third-order valence-corrected chi connectivity index (χ3v) is 2.82. The molecule has 2 aromatic heterocycles. The number of hydrogen-bond acceptors (Lipinski definition) is 4. The van der Waals surface area contributed by atoms with E-state index in [-0.39, 0.29) is 6.04 Å². The summed E-state index contributed by atoms with van der Waals surface area (Å²) >= 11 is 0. The highest BCUT2D eigenvalue weighted by molar-refractivity contribution is 5.78. The minimum atomic E-state index is 0.123. The second-order valence-electron chi connectivity index (χ2n) is 4.69. The van der Waals surface area contributed by atoms with Crippen LogP contribution in [0.25, 0.3) is 5.82 Å². The van der Waals surface area contributed by atoms with Gasteiger partial charge in [0, 0.05) is 31.7 Å². The molecule has 2 rings (SSSR count). The van der Waals surface area contributed by atoms with E-state index in [1.807, 2.05) is 29.8 Å².